The third-order valence-corrected chi connectivity index (χ3v) is 1.76. The highest BCUT2D eigenvalue weighted by Gasteiger charge is 2.30. The fraction of sp³-hybridized carbons (Fsp3) is 0.500. The summed E-state index contributed by atoms with van der Waals surface area (Å²) in [6.07, 6.45) is 1.85. The van der Waals surface area contributed by atoms with Gasteiger partial charge in [-0.15, -0.1) is 11.6 Å². The van der Waals surface area contributed by atoms with Crippen LogP contribution in [0.4, 0.5) is 0 Å². The van der Waals surface area contributed by atoms with Crippen molar-refractivity contribution in [1.82, 2.24) is 5.01 Å². The van der Waals surface area contributed by atoms with Crippen LogP contribution in [-0.4, -0.2) is 35.0 Å². The summed E-state index contributed by atoms with van der Waals surface area (Å²) in [7, 11) is 0. The van der Waals surface area contributed by atoms with Crippen LogP contribution < -0.4 is 5.73 Å². The van der Waals surface area contributed by atoms with Crippen molar-refractivity contribution < 1.29 is 9.59 Å². The van der Waals surface area contributed by atoms with Crippen LogP contribution in [0.3, 0.4) is 0 Å². The summed E-state index contributed by atoms with van der Waals surface area (Å²) >= 11 is 5.28. The van der Waals surface area contributed by atoms with Gasteiger partial charge < -0.3 is 5.73 Å². The summed E-state index contributed by atoms with van der Waals surface area (Å²) in [5.74, 6) is -1.17. The zero-order valence-electron chi connectivity index (χ0n) is 6.24. The molecule has 1 aliphatic heterocycles. The molecular weight excluding hydrogens is 182 g/mol. The smallest absolute Gasteiger partial charge is 0.258 e. The maximum absolute atomic E-state index is 11.0. The first-order valence-corrected chi connectivity index (χ1v) is 3.90. The average Bonchev–Trinajstić information content (AvgIpc) is 2.50. The fourth-order valence-electron chi connectivity index (χ4n) is 0.951. The predicted octanol–water partition coefficient (Wildman–Crippen LogP) is -0.703. The second-order valence-corrected chi connectivity index (χ2v) is 2.59. The number of carbonyl (C=O) groups excluding carboxylic acids is 2. The average molecular weight is 190 g/mol. The molecule has 66 valence electrons. The summed E-state index contributed by atoms with van der Waals surface area (Å²) in [6.45, 7) is 0. The van der Waals surface area contributed by atoms with Gasteiger partial charge in [-0.3, -0.25) is 9.59 Å². The van der Waals surface area contributed by atoms with Crippen LogP contribution in [0.1, 0.15) is 6.42 Å². The second-order valence-electron chi connectivity index (χ2n) is 2.32. The van der Waals surface area contributed by atoms with Crippen molar-refractivity contribution in [3.63, 3.8) is 0 Å². The van der Waals surface area contributed by atoms with E-state index < -0.39 is 17.9 Å². The van der Waals surface area contributed by atoms with E-state index in [0.29, 0.717) is 6.42 Å². The van der Waals surface area contributed by atoms with Gasteiger partial charge in [-0.1, -0.05) is 0 Å². The fourth-order valence-corrected chi connectivity index (χ4v) is 1.07. The summed E-state index contributed by atoms with van der Waals surface area (Å²) in [4.78, 5) is 21.7. The zero-order valence-corrected chi connectivity index (χ0v) is 6.99. The summed E-state index contributed by atoms with van der Waals surface area (Å²) in [5.41, 5.74) is 5.02. The Morgan fingerprint density at radius 2 is 2.42 bits per heavy atom. The van der Waals surface area contributed by atoms with Crippen LogP contribution in [0.15, 0.2) is 5.10 Å². The number of hydrogen-bond donors (Lipinski definition) is 1. The van der Waals surface area contributed by atoms with E-state index >= 15 is 0 Å². The molecule has 0 aromatic rings. The number of amides is 2. The van der Waals surface area contributed by atoms with E-state index in [1.807, 2.05) is 0 Å². The van der Waals surface area contributed by atoms with Crippen LogP contribution in [0.2, 0.25) is 0 Å². The monoisotopic (exact) mass is 189 g/mol. The van der Waals surface area contributed by atoms with Gasteiger partial charge in [0, 0.05) is 12.6 Å². The van der Waals surface area contributed by atoms with Gasteiger partial charge in [-0.25, -0.2) is 5.01 Å². The molecule has 1 atom stereocenters. The van der Waals surface area contributed by atoms with Crippen LogP contribution in [0.5, 0.6) is 0 Å². The third-order valence-electron chi connectivity index (χ3n) is 1.53. The third kappa shape index (κ3) is 1.55. The highest BCUT2D eigenvalue weighted by Crippen LogP contribution is 2.10. The molecule has 6 heteroatoms. The number of hydrazone groups is 1. The maximum atomic E-state index is 11.0. The zero-order chi connectivity index (χ0) is 9.14. The van der Waals surface area contributed by atoms with Crippen molar-refractivity contribution in [2.45, 2.75) is 12.5 Å². The van der Waals surface area contributed by atoms with Crippen molar-refractivity contribution >= 4 is 29.6 Å². The van der Waals surface area contributed by atoms with Gasteiger partial charge in [0.2, 0.25) is 5.91 Å². The Morgan fingerprint density at radius 1 is 1.75 bits per heavy atom. The van der Waals surface area contributed by atoms with Crippen LogP contribution >= 0.6 is 11.6 Å². The molecule has 0 saturated heterocycles. The minimum Gasteiger partial charge on any atom is -0.368 e. The minimum atomic E-state index is -0.656. The molecule has 0 radical (unpaired) electrons. The van der Waals surface area contributed by atoms with Gasteiger partial charge in [0.15, 0.2) is 0 Å². The van der Waals surface area contributed by atoms with Crippen LogP contribution in [0.25, 0.3) is 0 Å². The summed E-state index contributed by atoms with van der Waals surface area (Å²) in [5, 5.41) is 4.71. The second kappa shape index (κ2) is 3.53. The number of halogens is 1. The van der Waals surface area contributed by atoms with Gasteiger partial charge in [-0.05, 0) is 0 Å². The topological polar surface area (TPSA) is 75.8 Å². The molecule has 0 aromatic heterocycles. The normalized spacial score (nSPS) is 21.4. The molecule has 5 nitrogen and oxygen atoms in total. The molecule has 0 saturated carbocycles. The van der Waals surface area contributed by atoms with Gasteiger partial charge in [-0.2, -0.15) is 5.10 Å². The number of primary amides is 1. The van der Waals surface area contributed by atoms with Crippen LogP contribution in [-0.2, 0) is 9.59 Å². The number of carbonyl (C=O) groups is 2. The predicted molar refractivity (Wildman–Crippen MR) is 43.7 cm³/mol. The van der Waals surface area contributed by atoms with Gasteiger partial charge in [0.25, 0.3) is 5.91 Å². The lowest BCUT2D eigenvalue weighted by molar-refractivity contribution is -0.136. The molecule has 0 bridgehead atoms. The number of hydrogen-bond acceptors (Lipinski definition) is 3. The molecular formula is C6H8ClN3O2. The molecule has 0 spiro atoms. The standard InChI is InChI=1S/C6H8ClN3O2/c7-3-5(11)10-4(6(8)12)1-2-9-10/h2,4H,1,3H2,(H2,8,12). The maximum Gasteiger partial charge on any atom is 0.258 e. The first-order chi connectivity index (χ1) is 5.66. The van der Waals surface area contributed by atoms with Crippen LogP contribution in [0, 0.1) is 0 Å². The minimum absolute atomic E-state index is 0.193. The molecule has 1 rings (SSSR count). The Labute approximate surface area is 74.1 Å². The molecule has 0 fully saturated rings. The molecule has 1 heterocycles. The van der Waals surface area contributed by atoms with Gasteiger partial charge in [0.05, 0.1) is 0 Å². The molecule has 1 unspecified atom stereocenters. The van der Waals surface area contributed by atoms with Gasteiger partial charge >= 0.3 is 0 Å². The van der Waals surface area contributed by atoms with E-state index in [2.05, 4.69) is 5.10 Å². The van der Waals surface area contributed by atoms with Crippen molar-refractivity contribution in [2.24, 2.45) is 10.8 Å². The van der Waals surface area contributed by atoms with Crippen molar-refractivity contribution in [1.29, 1.82) is 0 Å². The Balaban J connectivity index is 2.69. The summed E-state index contributed by atoms with van der Waals surface area (Å²) < 4.78 is 0. The summed E-state index contributed by atoms with van der Waals surface area (Å²) in [6, 6.07) is -0.656. The SMILES string of the molecule is NC(=O)C1CC=NN1C(=O)CCl. The first kappa shape index (κ1) is 8.99. The molecule has 0 aromatic carbocycles. The van der Waals surface area contributed by atoms with Crippen molar-refractivity contribution in [2.75, 3.05) is 5.88 Å². The molecule has 1 aliphatic rings. The quantitative estimate of drug-likeness (QED) is 0.583. The number of rotatable bonds is 2. The lowest BCUT2D eigenvalue weighted by Gasteiger charge is -2.17. The number of alkyl halides is 1. The number of nitrogens with two attached hydrogens (primary N) is 1. The lowest BCUT2D eigenvalue weighted by atomic mass is 10.2. The van der Waals surface area contributed by atoms with E-state index in [1.54, 1.807) is 0 Å². The largest absolute Gasteiger partial charge is 0.368 e. The Kier molecular flexibility index (Phi) is 2.65. The number of nitrogens with zero attached hydrogens (tertiary/aromatic N) is 2. The molecule has 2 N–H and O–H groups in total. The van der Waals surface area contributed by atoms with Gasteiger partial charge in [0.1, 0.15) is 11.9 Å². The highest BCUT2D eigenvalue weighted by molar-refractivity contribution is 6.27. The highest BCUT2D eigenvalue weighted by atomic mass is 35.5. The Morgan fingerprint density at radius 3 is 2.92 bits per heavy atom. The lowest BCUT2D eigenvalue weighted by Crippen LogP contribution is -2.42. The molecule has 2 amide bonds. The van der Waals surface area contributed by atoms with E-state index in [-0.39, 0.29) is 5.88 Å². The molecule has 12 heavy (non-hydrogen) atoms. The van der Waals surface area contributed by atoms with Crippen molar-refractivity contribution in [3.05, 3.63) is 0 Å². The van der Waals surface area contributed by atoms with E-state index in [1.165, 1.54) is 6.21 Å². The van der Waals surface area contributed by atoms with E-state index in [9.17, 15) is 9.59 Å². The Bertz CT molecular complexity index is 241. The van der Waals surface area contributed by atoms with Crippen molar-refractivity contribution in [3.8, 4) is 0 Å². The first-order valence-electron chi connectivity index (χ1n) is 3.36. The van der Waals surface area contributed by atoms with E-state index in [0.717, 1.165) is 5.01 Å². The Hall–Kier alpha value is -1.10. The van der Waals surface area contributed by atoms with E-state index in [4.69, 9.17) is 17.3 Å². The molecule has 0 aliphatic carbocycles.